The quantitative estimate of drug-likeness (QED) is 0.666. The number of rotatable bonds is 9. The van der Waals surface area contributed by atoms with Gasteiger partial charge in [0.25, 0.3) is 15.9 Å². The molecule has 0 unspecified atom stereocenters. The van der Waals surface area contributed by atoms with Gasteiger partial charge in [-0.3, -0.25) is 9.10 Å². The summed E-state index contributed by atoms with van der Waals surface area (Å²) < 4.78 is 27.2. The Hall–Kier alpha value is -2.60. The van der Waals surface area contributed by atoms with Crippen molar-refractivity contribution < 1.29 is 13.2 Å². The lowest BCUT2D eigenvalue weighted by Crippen LogP contribution is -2.31. The van der Waals surface area contributed by atoms with Gasteiger partial charge in [0, 0.05) is 12.1 Å². The van der Waals surface area contributed by atoms with Gasteiger partial charge in [0.05, 0.1) is 17.1 Å². The molecule has 0 fully saturated rings. The monoisotopic (exact) mass is 386 g/mol. The smallest absolute Gasteiger partial charge is 0.264 e. The van der Waals surface area contributed by atoms with Gasteiger partial charge in [0.2, 0.25) is 0 Å². The lowest BCUT2D eigenvalue weighted by molar-refractivity contribution is 0.0952. The van der Waals surface area contributed by atoms with E-state index in [1.54, 1.807) is 54.6 Å². The molecule has 0 heterocycles. The van der Waals surface area contributed by atoms with Crippen LogP contribution in [-0.2, 0) is 10.0 Å². The molecular formula is C21H26N2O3S. The molecule has 5 nitrogen and oxygen atoms in total. The van der Waals surface area contributed by atoms with Gasteiger partial charge in [-0.15, -0.1) is 6.58 Å². The van der Waals surface area contributed by atoms with Crippen LogP contribution >= 0.6 is 0 Å². The first kappa shape index (κ1) is 20.7. The van der Waals surface area contributed by atoms with Gasteiger partial charge in [0.1, 0.15) is 0 Å². The highest BCUT2D eigenvalue weighted by Crippen LogP contribution is 2.24. The van der Waals surface area contributed by atoms with E-state index in [1.165, 1.54) is 10.4 Å². The second-order valence-corrected chi connectivity index (χ2v) is 8.49. The molecule has 0 aliphatic heterocycles. The number of sulfonamides is 1. The Morgan fingerprint density at radius 2 is 1.74 bits per heavy atom. The molecule has 144 valence electrons. The molecule has 6 heteroatoms. The third-order valence-corrected chi connectivity index (χ3v) is 5.86. The Labute approximate surface area is 161 Å². The topological polar surface area (TPSA) is 66.5 Å². The van der Waals surface area contributed by atoms with Crippen LogP contribution in [0.5, 0.6) is 0 Å². The van der Waals surface area contributed by atoms with E-state index in [1.807, 2.05) is 0 Å². The van der Waals surface area contributed by atoms with Crippen LogP contribution in [0, 0.1) is 5.92 Å². The summed E-state index contributed by atoms with van der Waals surface area (Å²) in [7, 11) is -3.71. The van der Waals surface area contributed by atoms with Crippen LogP contribution in [0.25, 0.3) is 0 Å². The molecule has 0 bridgehead atoms. The van der Waals surface area contributed by atoms with Crippen molar-refractivity contribution in [1.82, 2.24) is 5.32 Å². The minimum Gasteiger partial charge on any atom is -0.352 e. The number of nitrogens with one attached hydrogen (secondary N) is 1. The number of amides is 1. The van der Waals surface area contributed by atoms with Crippen LogP contribution in [0.1, 0.15) is 30.6 Å². The van der Waals surface area contributed by atoms with Gasteiger partial charge >= 0.3 is 0 Å². The fourth-order valence-corrected chi connectivity index (χ4v) is 3.99. The summed E-state index contributed by atoms with van der Waals surface area (Å²) in [4.78, 5) is 12.4. The summed E-state index contributed by atoms with van der Waals surface area (Å²) >= 11 is 0. The number of carbonyl (C=O) groups is 1. The number of nitrogens with zero attached hydrogens (tertiary/aromatic N) is 1. The van der Waals surface area contributed by atoms with Crippen molar-refractivity contribution in [3.63, 3.8) is 0 Å². The molecule has 0 saturated carbocycles. The van der Waals surface area contributed by atoms with Crippen LogP contribution in [0.3, 0.4) is 0 Å². The molecule has 27 heavy (non-hydrogen) atoms. The summed E-state index contributed by atoms with van der Waals surface area (Å²) in [5, 5.41) is 2.87. The lowest BCUT2D eigenvalue weighted by atomic mass is 10.1. The van der Waals surface area contributed by atoms with Crippen LogP contribution in [0.15, 0.2) is 72.1 Å². The molecule has 0 radical (unpaired) electrons. The molecule has 0 aliphatic carbocycles. The third-order valence-electron chi connectivity index (χ3n) is 4.05. The molecule has 0 aromatic heterocycles. The zero-order valence-electron chi connectivity index (χ0n) is 15.8. The number of hydrogen-bond acceptors (Lipinski definition) is 3. The van der Waals surface area contributed by atoms with Crippen LogP contribution in [0.4, 0.5) is 5.69 Å². The van der Waals surface area contributed by atoms with Crippen molar-refractivity contribution in [2.24, 2.45) is 5.92 Å². The van der Waals surface area contributed by atoms with E-state index in [9.17, 15) is 13.2 Å². The van der Waals surface area contributed by atoms with Gasteiger partial charge in [0.15, 0.2) is 0 Å². The van der Waals surface area contributed by atoms with Crippen molar-refractivity contribution in [3.05, 3.63) is 72.8 Å². The number of hydrogen-bond donors (Lipinski definition) is 1. The number of benzene rings is 2. The summed E-state index contributed by atoms with van der Waals surface area (Å²) in [6.07, 6.45) is 2.44. The predicted molar refractivity (Wildman–Crippen MR) is 109 cm³/mol. The third kappa shape index (κ3) is 5.44. The number of carbonyl (C=O) groups excluding carboxylic acids is 1. The highest BCUT2D eigenvalue weighted by atomic mass is 32.2. The molecule has 2 aromatic rings. The summed E-state index contributed by atoms with van der Waals surface area (Å²) in [5.41, 5.74) is 0.982. The SMILES string of the molecule is C=CCN(c1ccc(C(=O)NCCC(C)C)cc1)S(=O)(=O)c1ccccc1. The van der Waals surface area contributed by atoms with Crippen molar-refractivity contribution in [2.75, 3.05) is 17.4 Å². The van der Waals surface area contributed by atoms with Crippen molar-refractivity contribution >= 4 is 21.6 Å². The Morgan fingerprint density at radius 1 is 1.11 bits per heavy atom. The van der Waals surface area contributed by atoms with Crippen LogP contribution in [0.2, 0.25) is 0 Å². The Bertz CT molecular complexity index is 860. The summed E-state index contributed by atoms with van der Waals surface area (Å²) in [6.45, 7) is 8.61. The standard InChI is InChI=1S/C21H26N2O3S/c1-4-16-23(27(25,26)20-8-6-5-7-9-20)19-12-10-18(11-13-19)21(24)22-15-14-17(2)3/h4-13,17H,1,14-16H2,2-3H3,(H,22,24). The van der Waals surface area contributed by atoms with Gasteiger partial charge in [-0.05, 0) is 48.7 Å². The molecule has 0 saturated heterocycles. The Kier molecular flexibility index (Phi) is 7.19. The van der Waals surface area contributed by atoms with Crippen molar-refractivity contribution in [1.29, 1.82) is 0 Å². The molecule has 0 spiro atoms. The summed E-state index contributed by atoms with van der Waals surface area (Å²) in [6, 6.07) is 14.8. The maximum Gasteiger partial charge on any atom is 0.264 e. The average Bonchev–Trinajstić information content (AvgIpc) is 2.66. The van der Waals surface area contributed by atoms with Crippen molar-refractivity contribution in [2.45, 2.75) is 25.2 Å². The predicted octanol–water partition coefficient (Wildman–Crippen LogP) is 3.84. The molecule has 0 aliphatic rings. The first-order valence-corrected chi connectivity index (χ1v) is 10.4. The second-order valence-electron chi connectivity index (χ2n) is 6.62. The van der Waals surface area contributed by atoms with Crippen LogP contribution < -0.4 is 9.62 Å². The van der Waals surface area contributed by atoms with E-state index in [0.717, 1.165) is 6.42 Å². The highest BCUT2D eigenvalue weighted by molar-refractivity contribution is 7.92. The maximum atomic E-state index is 12.9. The molecule has 2 rings (SSSR count). The van der Waals surface area contributed by atoms with Gasteiger partial charge in [-0.1, -0.05) is 38.1 Å². The molecule has 1 N–H and O–H groups in total. The molecule has 2 aromatic carbocycles. The van der Waals surface area contributed by atoms with E-state index in [0.29, 0.717) is 23.7 Å². The van der Waals surface area contributed by atoms with Crippen LogP contribution in [-0.4, -0.2) is 27.4 Å². The van der Waals surface area contributed by atoms with E-state index in [2.05, 4.69) is 25.7 Å². The zero-order valence-corrected chi connectivity index (χ0v) is 16.6. The highest BCUT2D eigenvalue weighted by Gasteiger charge is 2.23. The minimum atomic E-state index is -3.71. The molecular weight excluding hydrogens is 360 g/mol. The first-order chi connectivity index (χ1) is 12.9. The Morgan fingerprint density at radius 3 is 2.30 bits per heavy atom. The van der Waals surface area contributed by atoms with E-state index in [4.69, 9.17) is 0 Å². The average molecular weight is 387 g/mol. The minimum absolute atomic E-state index is 0.136. The largest absolute Gasteiger partial charge is 0.352 e. The normalized spacial score (nSPS) is 11.2. The van der Waals surface area contributed by atoms with E-state index < -0.39 is 10.0 Å². The van der Waals surface area contributed by atoms with Gasteiger partial charge in [-0.2, -0.15) is 0 Å². The number of anilines is 1. The fourth-order valence-electron chi connectivity index (χ4n) is 2.53. The van der Waals surface area contributed by atoms with Gasteiger partial charge in [-0.25, -0.2) is 8.42 Å². The Balaban J connectivity index is 2.21. The molecule has 0 atom stereocenters. The van der Waals surface area contributed by atoms with E-state index in [-0.39, 0.29) is 17.3 Å². The van der Waals surface area contributed by atoms with Crippen molar-refractivity contribution in [3.8, 4) is 0 Å². The van der Waals surface area contributed by atoms with Gasteiger partial charge < -0.3 is 5.32 Å². The lowest BCUT2D eigenvalue weighted by Gasteiger charge is -2.23. The zero-order chi connectivity index (χ0) is 19.9. The maximum absolute atomic E-state index is 12.9. The summed E-state index contributed by atoms with van der Waals surface area (Å²) in [5.74, 6) is 0.353. The van der Waals surface area contributed by atoms with E-state index >= 15 is 0 Å². The fraction of sp³-hybridized carbons (Fsp3) is 0.286. The molecule has 1 amide bonds. The second kappa shape index (κ2) is 9.37. The first-order valence-electron chi connectivity index (χ1n) is 8.93.